The third kappa shape index (κ3) is 9.28. The first-order valence-corrected chi connectivity index (χ1v) is 6.47. The number of hydrogen-bond donors (Lipinski definition) is 0. The van der Waals surface area contributed by atoms with E-state index in [2.05, 4.69) is 6.92 Å². The monoisotopic (exact) mass is 274 g/mol. The number of hydrogen-bond acceptors (Lipinski definition) is 2. The van der Waals surface area contributed by atoms with Crippen LogP contribution >= 0.6 is 34.8 Å². The second kappa shape index (κ2) is 9.56. The van der Waals surface area contributed by atoms with Crippen molar-refractivity contribution in [3.63, 3.8) is 0 Å². The van der Waals surface area contributed by atoms with E-state index in [4.69, 9.17) is 39.5 Å². The van der Waals surface area contributed by atoms with Crippen molar-refractivity contribution < 1.29 is 9.53 Å². The summed E-state index contributed by atoms with van der Waals surface area (Å²) in [6.45, 7) is 2.34. The molecule has 0 bridgehead atoms. The normalized spacial score (nSPS) is 12.9. The van der Waals surface area contributed by atoms with Crippen LogP contribution < -0.4 is 0 Å². The van der Waals surface area contributed by atoms with E-state index in [1.807, 2.05) is 0 Å². The molecule has 0 spiro atoms. The molecule has 0 aliphatic rings. The molecule has 0 aromatic heterocycles. The lowest BCUT2D eigenvalue weighted by molar-refractivity contribution is -0.141. The van der Waals surface area contributed by atoms with Crippen molar-refractivity contribution in [1.29, 1.82) is 0 Å². The Morgan fingerprint density at radius 2 is 1.87 bits per heavy atom. The van der Waals surface area contributed by atoms with Gasteiger partial charge in [-0.1, -0.05) is 55.8 Å². The molecule has 2 nitrogen and oxygen atoms in total. The van der Waals surface area contributed by atoms with Crippen molar-refractivity contribution in [3.8, 4) is 0 Å². The number of alkyl halides is 3. The lowest BCUT2D eigenvalue weighted by atomic mass is 10.1. The molecule has 0 fully saturated rings. The van der Waals surface area contributed by atoms with Crippen LogP contribution in [0.15, 0.2) is 0 Å². The molecule has 0 aromatic carbocycles. The molecule has 15 heavy (non-hydrogen) atoms. The highest BCUT2D eigenvalue weighted by atomic mass is 35.5. The van der Waals surface area contributed by atoms with E-state index in [0.29, 0.717) is 0 Å². The van der Waals surface area contributed by atoms with Crippen molar-refractivity contribution >= 4 is 40.8 Å². The number of carbonyl (C=O) groups excluding carboxylic acids is 1. The highest BCUT2D eigenvalue weighted by molar-refractivity contribution is 6.52. The van der Waals surface area contributed by atoms with Gasteiger partial charge in [0.1, 0.15) is 6.61 Å². The van der Waals surface area contributed by atoms with Gasteiger partial charge in [0.25, 0.3) is 0 Å². The first-order chi connectivity index (χ1) is 7.07. The summed E-state index contributed by atoms with van der Waals surface area (Å²) < 4.78 is 4.79. The van der Waals surface area contributed by atoms with Gasteiger partial charge in [0.2, 0.25) is 4.84 Å². The summed E-state index contributed by atoms with van der Waals surface area (Å²) in [5.74, 6) is -0.627. The largest absolute Gasteiger partial charge is 0.462 e. The minimum absolute atomic E-state index is 0.141. The molecule has 0 aliphatic heterocycles. The molecule has 0 saturated carbocycles. The number of rotatable bonds is 8. The summed E-state index contributed by atoms with van der Waals surface area (Å²) in [7, 11) is 0. The molecule has 90 valence electrons. The van der Waals surface area contributed by atoms with Gasteiger partial charge in [-0.25, -0.2) is 4.79 Å². The lowest BCUT2D eigenvalue weighted by Gasteiger charge is -2.10. The van der Waals surface area contributed by atoms with E-state index in [0.717, 1.165) is 12.8 Å². The van der Waals surface area contributed by atoms with Gasteiger partial charge in [-0.3, -0.25) is 0 Å². The number of ether oxygens (including phenoxy) is 1. The minimum Gasteiger partial charge on any atom is -0.462 e. The Balaban J connectivity index is 3.40. The fraction of sp³-hybridized carbons (Fsp3) is 0.900. The van der Waals surface area contributed by atoms with Crippen LogP contribution in [0.5, 0.6) is 0 Å². The van der Waals surface area contributed by atoms with E-state index in [1.165, 1.54) is 19.3 Å². The standard InChI is InChI=1S/C10H17Cl3O2/c1-2-3-4-5-6-8(11)7-15-10(14)9(12)13/h8-9H,2-7H2,1H3. The van der Waals surface area contributed by atoms with Crippen molar-refractivity contribution in [3.05, 3.63) is 0 Å². The molecule has 0 N–H and O–H groups in total. The third-order valence-corrected chi connectivity index (χ3v) is 2.66. The molecule has 5 heteroatoms. The number of esters is 1. The average Bonchev–Trinajstić information content (AvgIpc) is 2.20. The Hall–Kier alpha value is 0.340. The smallest absolute Gasteiger partial charge is 0.339 e. The van der Waals surface area contributed by atoms with Crippen LogP contribution in [-0.2, 0) is 9.53 Å². The molecule has 0 radical (unpaired) electrons. The highest BCUT2D eigenvalue weighted by Gasteiger charge is 2.14. The first-order valence-electron chi connectivity index (χ1n) is 5.16. The van der Waals surface area contributed by atoms with Gasteiger partial charge in [-0.2, -0.15) is 0 Å². The summed E-state index contributed by atoms with van der Waals surface area (Å²) in [6, 6.07) is 0. The Morgan fingerprint density at radius 3 is 2.40 bits per heavy atom. The molecular formula is C10H17Cl3O2. The fourth-order valence-corrected chi connectivity index (χ4v) is 1.45. The van der Waals surface area contributed by atoms with Crippen LogP contribution in [0.4, 0.5) is 0 Å². The second-order valence-corrected chi connectivity index (χ2v) is 5.09. The van der Waals surface area contributed by atoms with Gasteiger partial charge in [-0.15, -0.1) is 11.6 Å². The molecule has 0 amide bonds. The van der Waals surface area contributed by atoms with Crippen LogP contribution in [0, 0.1) is 0 Å². The SMILES string of the molecule is CCCCCCC(Cl)COC(=O)C(Cl)Cl. The molecule has 0 saturated heterocycles. The van der Waals surface area contributed by atoms with Gasteiger partial charge in [-0.05, 0) is 6.42 Å². The van der Waals surface area contributed by atoms with Gasteiger partial charge >= 0.3 is 5.97 Å². The molecule has 0 aliphatic carbocycles. The number of carbonyl (C=O) groups is 1. The summed E-state index contributed by atoms with van der Waals surface area (Å²) in [5.41, 5.74) is 0. The first kappa shape index (κ1) is 15.3. The summed E-state index contributed by atoms with van der Waals surface area (Å²) in [4.78, 5) is 9.76. The minimum atomic E-state index is -1.12. The molecule has 0 rings (SSSR count). The van der Waals surface area contributed by atoms with E-state index in [1.54, 1.807) is 0 Å². The van der Waals surface area contributed by atoms with Gasteiger partial charge in [0.05, 0.1) is 5.38 Å². The van der Waals surface area contributed by atoms with Crippen LogP contribution in [0.2, 0.25) is 0 Å². The molecule has 1 atom stereocenters. The fourth-order valence-electron chi connectivity index (χ4n) is 1.11. The third-order valence-electron chi connectivity index (χ3n) is 1.96. The van der Waals surface area contributed by atoms with Crippen molar-refractivity contribution in [2.45, 2.75) is 49.2 Å². The topological polar surface area (TPSA) is 26.3 Å². The van der Waals surface area contributed by atoms with Crippen LogP contribution in [0.25, 0.3) is 0 Å². The zero-order valence-corrected chi connectivity index (χ0v) is 11.1. The molecular weight excluding hydrogens is 258 g/mol. The predicted molar refractivity (Wildman–Crippen MR) is 64.9 cm³/mol. The van der Waals surface area contributed by atoms with E-state index < -0.39 is 10.8 Å². The maximum absolute atomic E-state index is 10.9. The van der Waals surface area contributed by atoms with E-state index in [-0.39, 0.29) is 12.0 Å². The maximum atomic E-state index is 10.9. The van der Waals surface area contributed by atoms with Crippen molar-refractivity contribution in [2.75, 3.05) is 6.61 Å². The van der Waals surface area contributed by atoms with Crippen LogP contribution in [0.1, 0.15) is 39.0 Å². The zero-order chi connectivity index (χ0) is 11.7. The quantitative estimate of drug-likeness (QED) is 0.381. The van der Waals surface area contributed by atoms with Gasteiger partial charge < -0.3 is 4.74 Å². The zero-order valence-electron chi connectivity index (χ0n) is 8.85. The number of unbranched alkanes of at least 4 members (excludes halogenated alkanes) is 3. The Bertz CT molecular complexity index is 174. The number of halogens is 3. The van der Waals surface area contributed by atoms with Crippen molar-refractivity contribution in [2.24, 2.45) is 0 Å². The Kier molecular flexibility index (Phi) is 9.77. The maximum Gasteiger partial charge on any atom is 0.339 e. The molecule has 0 aromatic rings. The summed E-state index contributed by atoms with van der Waals surface area (Å²) in [5, 5.41) is -0.141. The molecule has 1 unspecified atom stereocenters. The van der Waals surface area contributed by atoms with Crippen molar-refractivity contribution in [1.82, 2.24) is 0 Å². The lowest BCUT2D eigenvalue weighted by Crippen LogP contribution is -2.18. The van der Waals surface area contributed by atoms with E-state index in [9.17, 15) is 4.79 Å². The summed E-state index contributed by atoms with van der Waals surface area (Å²) >= 11 is 16.6. The predicted octanol–water partition coefficient (Wildman–Crippen LogP) is 3.91. The Morgan fingerprint density at radius 1 is 1.20 bits per heavy atom. The average molecular weight is 276 g/mol. The van der Waals surface area contributed by atoms with Crippen LogP contribution in [-0.4, -0.2) is 22.8 Å². The molecule has 0 heterocycles. The Labute approximate surface area is 106 Å². The van der Waals surface area contributed by atoms with E-state index >= 15 is 0 Å². The second-order valence-electron chi connectivity index (χ2n) is 3.38. The van der Waals surface area contributed by atoms with Gasteiger partial charge in [0, 0.05) is 0 Å². The highest BCUT2D eigenvalue weighted by Crippen LogP contribution is 2.12. The van der Waals surface area contributed by atoms with Crippen LogP contribution in [0.3, 0.4) is 0 Å². The summed E-state index contributed by atoms with van der Waals surface area (Å²) in [6.07, 6.45) is 5.49. The van der Waals surface area contributed by atoms with Gasteiger partial charge in [0.15, 0.2) is 0 Å².